The molecule has 0 saturated heterocycles. The fourth-order valence-corrected chi connectivity index (χ4v) is 3.40. The quantitative estimate of drug-likeness (QED) is 0.417. The van der Waals surface area contributed by atoms with Gasteiger partial charge in [-0.25, -0.2) is 0 Å². The lowest BCUT2D eigenvalue weighted by molar-refractivity contribution is -0.117. The number of nitrogens with one attached hydrogen (secondary N) is 3. The molecule has 0 radical (unpaired) electrons. The molecule has 0 unspecified atom stereocenters. The summed E-state index contributed by atoms with van der Waals surface area (Å²) in [7, 11) is 1.50. The minimum Gasteiger partial charge on any atom is -0.493 e. The van der Waals surface area contributed by atoms with E-state index in [9.17, 15) is 14.4 Å². The monoisotopic (exact) mass is 431 g/mol. The number of methoxy groups -OCH3 is 1. The van der Waals surface area contributed by atoms with Crippen molar-refractivity contribution in [3.8, 4) is 11.5 Å². The molecule has 0 aliphatic heterocycles. The second kappa shape index (κ2) is 10.1. The number of hydrogen-bond donors (Lipinski definition) is 3. The predicted octanol–water partition coefficient (Wildman–Crippen LogP) is 3.36. The highest BCUT2D eigenvalue weighted by atomic mass is 32.1. The Morgan fingerprint density at radius 3 is 2.53 bits per heavy atom. The summed E-state index contributed by atoms with van der Waals surface area (Å²) in [5, 5.41) is 3.40. The lowest BCUT2D eigenvalue weighted by Crippen LogP contribution is -2.41. The first-order chi connectivity index (χ1) is 14.5. The maximum Gasteiger partial charge on any atom is 0.279 e. The van der Waals surface area contributed by atoms with E-state index in [4.69, 9.17) is 9.47 Å². The number of thiophene rings is 1. The molecule has 1 saturated carbocycles. The van der Waals surface area contributed by atoms with E-state index in [1.807, 2.05) is 0 Å². The van der Waals surface area contributed by atoms with E-state index in [2.05, 4.69) is 23.1 Å². The van der Waals surface area contributed by atoms with Crippen molar-refractivity contribution in [3.63, 3.8) is 0 Å². The number of ether oxygens (including phenoxy) is 2. The van der Waals surface area contributed by atoms with Gasteiger partial charge in [0.15, 0.2) is 11.5 Å². The van der Waals surface area contributed by atoms with E-state index in [1.54, 1.807) is 30.3 Å². The van der Waals surface area contributed by atoms with Crippen LogP contribution in [0.3, 0.4) is 0 Å². The third-order valence-corrected chi connectivity index (χ3v) is 5.49. The smallest absolute Gasteiger partial charge is 0.279 e. The summed E-state index contributed by atoms with van der Waals surface area (Å²) in [6, 6.07) is 8.09. The van der Waals surface area contributed by atoms with Crippen molar-refractivity contribution in [1.29, 1.82) is 0 Å². The number of unbranched alkanes of at least 4 members (excludes halogenated alkanes) is 1. The van der Waals surface area contributed by atoms with Crippen LogP contribution in [0.4, 0.5) is 5.00 Å². The normalized spacial score (nSPS) is 12.7. The molecule has 3 N–H and O–H groups in total. The van der Waals surface area contributed by atoms with Crippen molar-refractivity contribution < 1.29 is 23.9 Å². The molecule has 2 aromatic rings. The zero-order valence-corrected chi connectivity index (χ0v) is 17.8. The van der Waals surface area contributed by atoms with Crippen molar-refractivity contribution in [1.82, 2.24) is 10.9 Å². The van der Waals surface area contributed by atoms with Gasteiger partial charge in [0, 0.05) is 11.5 Å². The van der Waals surface area contributed by atoms with Crippen LogP contribution in [0.15, 0.2) is 30.3 Å². The molecule has 9 heteroatoms. The summed E-state index contributed by atoms with van der Waals surface area (Å²) in [6.45, 7) is 2.64. The fraction of sp³-hybridized carbons (Fsp3) is 0.381. The molecule has 30 heavy (non-hydrogen) atoms. The van der Waals surface area contributed by atoms with Gasteiger partial charge in [-0.15, -0.1) is 11.3 Å². The molecule has 1 aliphatic carbocycles. The number of benzene rings is 1. The Morgan fingerprint density at radius 1 is 1.07 bits per heavy atom. The summed E-state index contributed by atoms with van der Waals surface area (Å²) in [5.74, 6) is 0.120. The fourth-order valence-electron chi connectivity index (χ4n) is 2.60. The van der Waals surface area contributed by atoms with Crippen molar-refractivity contribution in [2.45, 2.75) is 32.6 Å². The van der Waals surface area contributed by atoms with Crippen LogP contribution in [0.25, 0.3) is 0 Å². The van der Waals surface area contributed by atoms with Crippen LogP contribution in [0.2, 0.25) is 0 Å². The highest BCUT2D eigenvalue weighted by Crippen LogP contribution is 2.31. The zero-order valence-electron chi connectivity index (χ0n) is 16.9. The van der Waals surface area contributed by atoms with Gasteiger partial charge in [-0.1, -0.05) is 13.3 Å². The summed E-state index contributed by atoms with van der Waals surface area (Å²) in [5.41, 5.74) is 5.08. The maximum absolute atomic E-state index is 12.4. The molecule has 1 aliphatic rings. The maximum atomic E-state index is 12.4. The highest BCUT2D eigenvalue weighted by Gasteiger charge is 2.29. The zero-order chi connectivity index (χ0) is 21.5. The minimum absolute atomic E-state index is 0.0202. The summed E-state index contributed by atoms with van der Waals surface area (Å²) < 4.78 is 10.9. The van der Waals surface area contributed by atoms with Gasteiger partial charge in [0.05, 0.1) is 23.6 Å². The molecular formula is C21H25N3O5S. The number of amides is 3. The van der Waals surface area contributed by atoms with Gasteiger partial charge < -0.3 is 14.8 Å². The number of rotatable bonds is 9. The second-order valence-electron chi connectivity index (χ2n) is 6.90. The molecular weight excluding hydrogens is 406 g/mol. The number of carbonyl (C=O) groups excluding carboxylic acids is 3. The molecule has 0 atom stereocenters. The first kappa shape index (κ1) is 21.6. The average Bonchev–Trinajstić information content (AvgIpc) is 3.51. The molecule has 0 spiro atoms. The standard InChI is InChI=1S/C21H25N3O5S/c1-3-4-11-29-15-8-7-14(12-16(15)28-2)20(26)23-24-21(27)17-9-10-18(30-17)22-19(25)13-5-6-13/h7-10,12-13H,3-6,11H2,1-2H3,(H,22,25)(H,23,26)(H,24,27). The van der Waals surface area contributed by atoms with Crippen LogP contribution in [0.1, 0.15) is 52.6 Å². The molecule has 1 fully saturated rings. The third-order valence-electron chi connectivity index (χ3n) is 4.50. The largest absolute Gasteiger partial charge is 0.493 e. The van der Waals surface area contributed by atoms with Gasteiger partial charge in [0.1, 0.15) is 0 Å². The van der Waals surface area contributed by atoms with E-state index < -0.39 is 11.8 Å². The Kier molecular flexibility index (Phi) is 7.29. The van der Waals surface area contributed by atoms with Crippen LogP contribution in [0.5, 0.6) is 11.5 Å². The molecule has 8 nitrogen and oxygen atoms in total. The summed E-state index contributed by atoms with van der Waals surface area (Å²) in [6.07, 6.45) is 3.76. The Hall–Kier alpha value is -3.07. The molecule has 3 rings (SSSR count). The Bertz CT molecular complexity index is 923. The average molecular weight is 432 g/mol. The van der Waals surface area contributed by atoms with Gasteiger partial charge >= 0.3 is 0 Å². The van der Waals surface area contributed by atoms with Crippen molar-refractivity contribution >= 4 is 34.1 Å². The van der Waals surface area contributed by atoms with Crippen molar-refractivity contribution in [2.24, 2.45) is 5.92 Å². The van der Waals surface area contributed by atoms with Crippen LogP contribution in [-0.2, 0) is 4.79 Å². The lowest BCUT2D eigenvalue weighted by atomic mass is 10.2. The van der Waals surface area contributed by atoms with Crippen molar-refractivity contribution in [2.75, 3.05) is 19.0 Å². The molecule has 0 bridgehead atoms. The van der Waals surface area contributed by atoms with E-state index in [1.165, 1.54) is 7.11 Å². The number of anilines is 1. The minimum atomic E-state index is -0.486. The predicted molar refractivity (Wildman–Crippen MR) is 114 cm³/mol. The van der Waals surface area contributed by atoms with Gasteiger partial charge in [-0.05, 0) is 49.6 Å². The van der Waals surface area contributed by atoms with Gasteiger partial charge in [-0.2, -0.15) is 0 Å². The highest BCUT2D eigenvalue weighted by molar-refractivity contribution is 7.18. The van der Waals surface area contributed by atoms with Gasteiger partial charge in [0.2, 0.25) is 5.91 Å². The Morgan fingerprint density at radius 2 is 1.83 bits per heavy atom. The molecule has 160 valence electrons. The lowest BCUT2D eigenvalue weighted by Gasteiger charge is -2.12. The number of hydrazine groups is 1. The van der Waals surface area contributed by atoms with E-state index in [-0.39, 0.29) is 11.8 Å². The molecule has 3 amide bonds. The molecule has 1 heterocycles. The third kappa shape index (κ3) is 5.73. The van der Waals surface area contributed by atoms with E-state index in [0.717, 1.165) is 37.0 Å². The summed E-state index contributed by atoms with van der Waals surface area (Å²) in [4.78, 5) is 36.8. The van der Waals surface area contributed by atoms with Crippen molar-refractivity contribution in [3.05, 3.63) is 40.8 Å². The SMILES string of the molecule is CCCCOc1ccc(C(=O)NNC(=O)c2ccc(NC(=O)C3CC3)s2)cc1OC. The van der Waals surface area contributed by atoms with E-state index >= 15 is 0 Å². The first-order valence-electron chi connectivity index (χ1n) is 9.84. The Balaban J connectivity index is 1.53. The number of carbonyl (C=O) groups is 3. The first-order valence-corrected chi connectivity index (χ1v) is 10.7. The Labute approximate surface area is 178 Å². The van der Waals surface area contributed by atoms with Crippen LogP contribution < -0.4 is 25.6 Å². The second-order valence-corrected chi connectivity index (χ2v) is 7.99. The number of hydrogen-bond acceptors (Lipinski definition) is 6. The van der Waals surface area contributed by atoms with Crippen LogP contribution >= 0.6 is 11.3 Å². The van der Waals surface area contributed by atoms with Gasteiger partial charge in [-0.3, -0.25) is 25.2 Å². The van der Waals surface area contributed by atoms with Crippen LogP contribution in [0, 0.1) is 5.92 Å². The van der Waals surface area contributed by atoms with Gasteiger partial charge in [0.25, 0.3) is 11.8 Å². The van der Waals surface area contributed by atoms with Crippen LogP contribution in [-0.4, -0.2) is 31.4 Å². The topological polar surface area (TPSA) is 106 Å². The summed E-state index contributed by atoms with van der Waals surface area (Å²) >= 11 is 1.15. The molecule has 1 aromatic heterocycles. The molecule has 1 aromatic carbocycles. The van der Waals surface area contributed by atoms with E-state index in [0.29, 0.717) is 33.5 Å².